The highest BCUT2D eigenvalue weighted by atomic mass is 19.3. The summed E-state index contributed by atoms with van der Waals surface area (Å²) in [4.78, 5) is 10.9. The van der Waals surface area contributed by atoms with Crippen LogP contribution < -0.4 is 0 Å². The minimum absolute atomic E-state index is 0.161. The summed E-state index contributed by atoms with van der Waals surface area (Å²) < 4.78 is 33.9. The van der Waals surface area contributed by atoms with Gasteiger partial charge < -0.3 is 9.84 Å². The molecule has 0 aromatic heterocycles. The van der Waals surface area contributed by atoms with Gasteiger partial charge in [-0.1, -0.05) is 116 Å². The summed E-state index contributed by atoms with van der Waals surface area (Å²) in [5, 5.41) is 8.85. The highest BCUT2D eigenvalue weighted by Crippen LogP contribution is 2.37. The number of rotatable bonds is 8. The van der Waals surface area contributed by atoms with E-state index in [1.807, 2.05) is 0 Å². The summed E-state index contributed by atoms with van der Waals surface area (Å²) in [6, 6.07) is 0. The van der Waals surface area contributed by atoms with Crippen molar-refractivity contribution in [3.8, 4) is 0 Å². The van der Waals surface area contributed by atoms with Gasteiger partial charge in [0.05, 0.1) is 6.10 Å². The van der Waals surface area contributed by atoms with Crippen LogP contribution in [-0.4, -0.2) is 29.7 Å². The van der Waals surface area contributed by atoms with Crippen LogP contribution in [0.4, 0.5) is 8.78 Å². The van der Waals surface area contributed by atoms with Gasteiger partial charge in [0.1, 0.15) is 0 Å². The summed E-state index contributed by atoms with van der Waals surface area (Å²) in [6.07, 6.45) is 23.2. The number of carboxylic acid groups (broad SMARTS) is 1. The molecule has 0 aliphatic heterocycles. The second-order valence-electron chi connectivity index (χ2n) is 11.3. The third-order valence-electron chi connectivity index (χ3n) is 8.45. The zero-order valence-corrected chi connectivity index (χ0v) is 21.9. The van der Waals surface area contributed by atoms with Gasteiger partial charge >= 0.3 is 11.9 Å². The molecule has 1 N–H and O–H groups in total. The second-order valence-corrected chi connectivity index (χ2v) is 11.3. The molecule has 0 spiro atoms. The van der Waals surface area contributed by atoms with Crippen LogP contribution in [0.5, 0.6) is 0 Å². The van der Waals surface area contributed by atoms with Gasteiger partial charge in [-0.15, -0.1) is 0 Å². The maximum atomic E-state index is 13.8. The van der Waals surface area contributed by atoms with E-state index in [0.717, 1.165) is 57.5 Å². The molecule has 4 atom stereocenters. The molecule has 0 aromatic rings. The summed E-state index contributed by atoms with van der Waals surface area (Å²) >= 11 is 0. The Balaban J connectivity index is 1.87. The third kappa shape index (κ3) is 11.8. The summed E-state index contributed by atoms with van der Waals surface area (Å²) in [5.41, 5.74) is 0. The first kappa shape index (κ1) is 29.5. The van der Waals surface area contributed by atoms with Crippen LogP contribution in [0, 0.1) is 17.8 Å². The first-order valence-electron chi connectivity index (χ1n) is 14.6. The van der Waals surface area contributed by atoms with Gasteiger partial charge in [0.2, 0.25) is 0 Å². The van der Waals surface area contributed by atoms with E-state index in [1.165, 1.54) is 83.5 Å². The van der Waals surface area contributed by atoms with E-state index in [9.17, 15) is 13.6 Å². The molecular weight excluding hydrogens is 434 g/mol. The van der Waals surface area contributed by atoms with Gasteiger partial charge in [-0.2, -0.15) is 8.78 Å². The molecule has 0 heterocycles. The number of hydrogen-bond donors (Lipinski definition) is 1. The normalized spacial score (nSPS) is 29.5. The molecule has 0 amide bonds. The lowest BCUT2D eigenvalue weighted by Gasteiger charge is -2.30. The number of alkyl halides is 2. The van der Waals surface area contributed by atoms with E-state index in [4.69, 9.17) is 9.84 Å². The van der Waals surface area contributed by atoms with Crippen molar-refractivity contribution in [2.45, 2.75) is 154 Å². The fraction of sp³-hybridized carbons (Fsp3) is 0.966. The van der Waals surface area contributed by atoms with E-state index in [1.54, 1.807) is 0 Å². The second kappa shape index (κ2) is 16.9. The quantitative estimate of drug-likeness (QED) is 0.348. The molecule has 34 heavy (non-hydrogen) atoms. The molecule has 200 valence electrons. The van der Waals surface area contributed by atoms with E-state index < -0.39 is 18.3 Å². The van der Waals surface area contributed by atoms with Gasteiger partial charge in [-0.05, 0) is 37.0 Å². The lowest BCUT2D eigenvalue weighted by Crippen LogP contribution is -2.31. The number of unbranched alkanes of at least 4 members (excludes halogenated alkanes) is 1. The average molecular weight is 487 g/mol. The van der Waals surface area contributed by atoms with Crippen LogP contribution in [0.25, 0.3) is 0 Å². The molecule has 3 unspecified atom stereocenters. The van der Waals surface area contributed by atoms with Crippen molar-refractivity contribution in [1.82, 2.24) is 0 Å². The van der Waals surface area contributed by atoms with Gasteiger partial charge in [-0.25, -0.2) is 4.79 Å². The van der Waals surface area contributed by atoms with E-state index in [2.05, 4.69) is 6.92 Å². The molecule has 3 nitrogen and oxygen atoms in total. The fourth-order valence-electron chi connectivity index (χ4n) is 6.33. The van der Waals surface area contributed by atoms with Crippen molar-refractivity contribution in [1.29, 1.82) is 0 Å². The Kier molecular flexibility index (Phi) is 14.6. The Morgan fingerprint density at radius 1 is 0.765 bits per heavy atom. The summed E-state index contributed by atoms with van der Waals surface area (Å²) in [7, 11) is 0. The van der Waals surface area contributed by atoms with Crippen LogP contribution in [0.3, 0.4) is 0 Å². The summed E-state index contributed by atoms with van der Waals surface area (Å²) in [6.45, 7) is 3.13. The monoisotopic (exact) mass is 486 g/mol. The molecule has 5 heteroatoms. The van der Waals surface area contributed by atoms with Gasteiger partial charge in [0.15, 0.2) is 0 Å². The Morgan fingerprint density at radius 3 is 1.85 bits per heavy atom. The molecule has 0 saturated heterocycles. The number of halogens is 2. The SMILES string of the molecule is CCCCO[C@H]1CCCCCCC(C2CCCCCC(CC(F)(F)C(=O)O)CCC2)CCCC1. The highest BCUT2D eigenvalue weighted by Gasteiger charge is 2.40. The number of carboxylic acids is 1. The van der Waals surface area contributed by atoms with Crippen molar-refractivity contribution in [2.75, 3.05) is 6.61 Å². The third-order valence-corrected chi connectivity index (χ3v) is 8.45. The molecule has 0 aromatic carbocycles. The van der Waals surface area contributed by atoms with Crippen molar-refractivity contribution in [3.05, 3.63) is 0 Å². The van der Waals surface area contributed by atoms with Gasteiger partial charge in [0, 0.05) is 13.0 Å². The minimum Gasteiger partial charge on any atom is -0.477 e. The van der Waals surface area contributed by atoms with Gasteiger partial charge in [0.25, 0.3) is 0 Å². The number of aliphatic carboxylic acids is 1. The first-order chi connectivity index (χ1) is 16.4. The van der Waals surface area contributed by atoms with Crippen molar-refractivity contribution >= 4 is 5.97 Å². The van der Waals surface area contributed by atoms with Crippen molar-refractivity contribution in [2.24, 2.45) is 17.8 Å². The van der Waals surface area contributed by atoms with Crippen molar-refractivity contribution < 1.29 is 23.4 Å². The van der Waals surface area contributed by atoms with E-state index in [0.29, 0.717) is 12.0 Å². The number of carbonyl (C=O) groups is 1. The molecule has 2 rings (SSSR count). The van der Waals surface area contributed by atoms with Crippen LogP contribution in [0.1, 0.15) is 142 Å². The molecule has 0 radical (unpaired) electrons. The highest BCUT2D eigenvalue weighted by molar-refractivity contribution is 5.75. The van der Waals surface area contributed by atoms with Crippen LogP contribution in [-0.2, 0) is 9.53 Å². The molecule has 2 fully saturated rings. The molecule has 0 bridgehead atoms. The van der Waals surface area contributed by atoms with Crippen LogP contribution >= 0.6 is 0 Å². The maximum absolute atomic E-state index is 13.8. The zero-order chi connectivity index (χ0) is 24.7. The Bertz CT molecular complexity index is 539. The fourth-order valence-corrected chi connectivity index (χ4v) is 6.33. The standard InChI is InChI=1S/C29H52F2O3/c1-2-3-22-34-27-20-10-5-4-8-16-25(18-11-12-21-27)26-17-9-6-7-14-24(15-13-19-26)23-29(30,31)28(32)33/h24-27H,2-23H2,1H3,(H,32,33)/t24?,25?,26?,27-/m0/s1. The smallest absolute Gasteiger partial charge is 0.374 e. The number of hydrogen-bond acceptors (Lipinski definition) is 2. The predicted molar refractivity (Wildman–Crippen MR) is 135 cm³/mol. The zero-order valence-electron chi connectivity index (χ0n) is 21.9. The van der Waals surface area contributed by atoms with Crippen LogP contribution in [0.15, 0.2) is 0 Å². The van der Waals surface area contributed by atoms with Crippen LogP contribution in [0.2, 0.25) is 0 Å². The Morgan fingerprint density at radius 2 is 1.24 bits per heavy atom. The average Bonchev–Trinajstić information content (AvgIpc) is 2.79. The van der Waals surface area contributed by atoms with Crippen molar-refractivity contribution in [3.63, 3.8) is 0 Å². The topological polar surface area (TPSA) is 46.5 Å². The molecule has 2 aliphatic rings. The Hall–Kier alpha value is -0.710. The minimum atomic E-state index is -3.58. The predicted octanol–water partition coefficient (Wildman–Crippen LogP) is 9.18. The van der Waals surface area contributed by atoms with Gasteiger partial charge in [-0.3, -0.25) is 0 Å². The van der Waals surface area contributed by atoms with E-state index >= 15 is 0 Å². The molecule has 2 aliphatic carbocycles. The maximum Gasteiger partial charge on any atom is 0.374 e. The first-order valence-corrected chi connectivity index (χ1v) is 14.6. The lowest BCUT2D eigenvalue weighted by molar-refractivity contribution is -0.167. The lowest BCUT2D eigenvalue weighted by atomic mass is 9.76. The van der Waals surface area contributed by atoms with E-state index in [-0.39, 0.29) is 5.92 Å². The Labute approximate surface area is 207 Å². The largest absolute Gasteiger partial charge is 0.477 e. The molecular formula is C29H52F2O3. The molecule has 2 saturated carbocycles. The number of ether oxygens (including phenoxy) is 1. The summed E-state index contributed by atoms with van der Waals surface area (Å²) in [5.74, 6) is -4.24.